The van der Waals surface area contributed by atoms with Gasteiger partial charge in [0.15, 0.2) is 0 Å². The number of rotatable bonds is 6. The maximum atomic E-state index is 11.8. The monoisotopic (exact) mass is 265 g/mol. The highest BCUT2D eigenvalue weighted by Crippen LogP contribution is 2.17. The third-order valence-corrected chi connectivity index (χ3v) is 4.49. The number of aromatic nitrogens is 1. The van der Waals surface area contributed by atoms with E-state index in [-0.39, 0.29) is 4.87 Å². The van der Waals surface area contributed by atoms with E-state index in [0.29, 0.717) is 0 Å². The SMILES string of the molecule is C=CCSCCCn1c(=O)sc2ccccc21. The summed E-state index contributed by atoms with van der Waals surface area (Å²) in [6.07, 6.45) is 2.94. The van der Waals surface area contributed by atoms with E-state index in [9.17, 15) is 4.79 Å². The van der Waals surface area contributed by atoms with Crippen molar-refractivity contribution in [3.05, 3.63) is 46.6 Å². The van der Waals surface area contributed by atoms with Crippen LogP contribution in [-0.2, 0) is 6.54 Å². The van der Waals surface area contributed by atoms with Crippen molar-refractivity contribution in [2.24, 2.45) is 0 Å². The standard InChI is InChI=1S/C13H15NOS2/c1-2-9-16-10-5-8-14-11-6-3-4-7-12(11)17-13(14)15/h2-4,6-7H,1,5,8-10H2. The zero-order valence-electron chi connectivity index (χ0n) is 9.59. The molecule has 0 aliphatic heterocycles. The fourth-order valence-electron chi connectivity index (χ4n) is 1.72. The molecule has 90 valence electrons. The molecule has 0 aliphatic carbocycles. The quantitative estimate of drug-likeness (QED) is 0.590. The molecule has 1 aromatic heterocycles. The van der Waals surface area contributed by atoms with Crippen LogP contribution in [0.5, 0.6) is 0 Å². The molecule has 0 spiro atoms. The Hall–Kier alpha value is -1.00. The molecular weight excluding hydrogens is 250 g/mol. The van der Waals surface area contributed by atoms with Crippen molar-refractivity contribution in [3.63, 3.8) is 0 Å². The topological polar surface area (TPSA) is 22.0 Å². The van der Waals surface area contributed by atoms with Crippen molar-refractivity contribution >= 4 is 33.3 Å². The van der Waals surface area contributed by atoms with E-state index in [1.165, 1.54) is 11.3 Å². The van der Waals surface area contributed by atoms with E-state index in [0.717, 1.165) is 34.7 Å². The van der Waals surface area contributed by atoms with Gasteiger partial charge in [0.1, 0.15) is 0 Å². The minimum absolute atomic E-state index is 0.153. The summed E-state index contributed by atoms with van der Waals surface area (Å²) in [6, 6.07) is 7.98. The Morgan fingerprint density at radius 2 is 2.24 bits per heavy atom. The van der Waals surface area contributed by atoms with Crippen LogP contribution in [0.4, 0.5) is 0 Å². The summed E-state index contributed by atoms with van der Waals surface area (Å²) >= 11 is 3.19. The van der Waals surface area contributed by atoms with Crippen LogP contribution in [0.2, 0.25) is 0 Å². The predicted octanol–water partition coefficient (Wildman–Crippen LogP) is 3.37. The molecule has 2 rings (SSSR count). The largest absolute Gasteiger partial charge is 0.308 e. The Labute approximate surface area is 109 Å². The Morgan fingerprint density at radius 3 is 3.06 bits per heavy atom. The van der Waals surface area contributed by atoms with Gasteiger partial charge in [-0.25, -0.2) is 0 Å². The van der Waals surface area contributed by atoms with E-state index in [1.807, 2.05) is 46.7 Å². The normalized spacial score (nSPS) is 10.8. The first-order valence-corrected chi connectivity index (χ1v) is 7.57. The van der Waals surface area contributed by atoms with Crippen molar-refractivity contribution in [2.75, 3.05) is 11.5 Å². The van der Waals surface area contributed by atoms with Crippen LogP contribution in [0, 0.1) is 0 Å². The second-order valence-corrected chi connectivity index (χ2v) is 5.85. The van der Waals surface area contributed by atoms with Gasteiger partial charge in [-0.05, 0) is 24.3 Å². The molecule has 0 amide bonds. The van der Waals surface area contributed by atoms with Gasteiger partial charge in [-0.2, -0.15) is 11.8 Å². The number of hydrogen-bond acceptors (Lipinski definition) is 3. The van der Waals surface area contributed by atoms with Crippen molar-refractivity contribution in [1.29, 1.82) is 0 Å². The van der Waals surface area contributed by atoms with E-state index in [4.69, 9.17) is 0 Å². The van der Waals surface area contributed by atoms with Crippen LogP contribution < -0.4 is 4.87 Å². The Morgan fingerprint density at radius 1 is 1.41 bits per heavy atom. The van der Waals surface area contributed by atoms with Crippen LogP contribution in [0.3, 0.4) is 0 Å². The summed E-state index contributed by atoms with van der Waals surface area (Å²) in [5, 5.41) is 0. The zero-order valence-corrected chi connectivity index (χ0v) is 11.2. The molecule has 0 saturated heterocycles. The lowest BCUT2D eigenvalue weighted by Crippen LogP contribution is -2.13. The van der Waals surface area contributed by atoms with Gasteiger partial charge in [-0.1, -0.05) is 29.5 Å². The molecule has 0 bridgehead atoms. The molecule has 0 unspecified atom stereocenters. The summed E-state index contributed by atoms with van der Waals surface area (Å²) < 4.78 is 2.96. The Bertz CT molecular complexity index is 556. The van der Waals surface area contributed by atoms with Crippen molar-refractivity contribution < 1.29 is 0 Å². The van der Waals surface area contributed by atoms with E-state index in [1.54, 1.807) is 0 Å². The fourth-order valence-corrected chi connectivity index (χ4v) is 3.30. The van der Waals surface area contributed by atoms with Crippen molar-refractivity contribution in [2.45, 2.75) is 13.0 Å². The smallest absolute Gasteiger partial charge is 0.299 e. The molecule has 1 aromatic carbocycles. The predicted molar refractivity (Wildman–Crippen MR) is 78.2 cm³/mol. The molecule has 1 heterocycles. The highest BCUT2D eigenvalue weighted by atomic mass is 32.2. The number of aryl methyl sites for hydroxylation is 1. The number of thiazole rings is 1. The van der Waals surface area contributed by atoms with Gasteiger partial charge in [0.05, 0.1) is 10.2 Å². The minimum atomic E-state index is 0.153. The number of benzene rings is 1. The number of para-hydroxylation sites is 1. The van der Waals surface area contributed by atoms with E-state index >= 15 is 0 Å². The summed E-state index contributed by atoms with van der Waals surface area (Å²) in [5.41, 5.74) is 1.07. The number of thioether (sulfide) groups is 1. The Balaban J connectivity index is 2.05. The number of fused-ring (bicyclic) bond motifs is 1. The summed E-state index contributed by atoms with van der Waals surface area (Å²) in [7, 11) is 0. The summed E-state index contributed by atoms with van der Waals surface area (Å²) in [6.45, 7) is 4.50. The van der Waals surface area contributed by atoms with Crippen LogP contribution in [0.25, 0.3) is 10.2 Å². The molecule has 0 N–H and O–H groups in total. The fraction of sp³-hybridized carbons (Fsp3) is 0.308. The molecule has 2 aromatic rings. The van der Waals surface area contributed by atoms with Gasteiger partial charge >= 0.3 is 4.87 Å². The molecule has 4 heteroatoms. The molecule has 2 nitrogen and oxygen atoms in total. The molecule has 0 atom stereocenters. The van der Waals surface area contributed by atoms with Gasteiger partial charge in [0, 0.05) is 12.3 Å². The highest BCUT2D eigenvalue weighted by Gasteiger charge is 2.05. The second-order valence-electron chi connectivity index (χ2n) is 3.70. The zero-order chi connectivity index (χ0) is 12.1. The number of nitrogens with zero attached hydrogens (tertiary/aromatic N) is 1. The lowest BCUT2D eigenvalue weighted by atomic mass is 10.3. The third-order valence-electron chi connectivity index (χ3n) is 2.48. The third kappa shape index (κ3) is 3.01. The average Bonchev–Trinajstić information content (AvgIpc) is 2.65. The average molecular weight is 265 g/mol. The van der Waals surface area contributed by atoms with Gasteiger partial charge in [0.25, 0.3) is 0 Å². The summed E-state index contributed by atoms with van der Waals surface area (Å²) in [4.78, 5) is 12.0. The first-order valence-electron chi connectivity index (χ1n) is 5.60. The van der Waals surface area contributed by atoms with Crippen molar-refractivity contribution in [1.82, 2.24) is 4.57 Å². The molecular formula is C13H15NOS2. The first kappa shape index (κ1) is 12.5. The van der Waals surface area contributed by atoms with Crippen molar-refractivity contribution in [3.8, 4) is 0 Å². The second kappa shape index (κ2) is 6.07. The Kier molecular flexibility index (Phi) is 4.45. The van der Waals surface area contributed by atoms with Gasteiger partial charge in [-0.3, -0.25) is 9.36 Å². The van der Waals surface area contributed by atoms with E-state index < -0.39 is 0 Å². The lowest BCUT2D eigenvalue weighted by molar-refractivity contribution is 0.696. The first-order chi connectivity index (χ1) is 8.33. The molecule has 0 fully saturated rings. The van der Waals surface area contributed by atoms with Gasteiger partial charge in [-0.15, -0.1) is 6.58 Å². The van der Waals surface area contributed by atoms with Crippen LogP contribution in [0.15, 0.2) is 41.7 Å². The van der Waals surface area contributed by atoms with Gasteiger partial charge < -0.3 is 0 Å². The molecule has 0 saturated carbocycles. The number of hydrogen-bond donors (Lipinski definition) is 0. The van der Waals surface area contributed by atoms with Crippen LogP contribution in [0.1, 0.15) is 6.42 Å². The maximum absolute atomic E-state index is 11.8. The van der Waals surface area contributed by atoms with Gasteiger partial charge in [0.2, 0.25) is 0 Å². The highest BCUT2D eigenvalue weighted by molar-refractivity contribution is 7.99. The van der Waals surface area contributed by atoms with Crippen LogP contribution >= 0.6 is 23.1 Å². The summed E-state index contributed by atoms with van der Waals surface area (Å²) in [5.74, 6) is 2.06. The van der Waals surface area contributed by atoms with Crippen LogP contribution in [-0.4, -0.2) is 16.1 Å². The minimum Gasteiger partial charge on any atom is -0.299 e. The lowest BCUT2D eigenvalue weighted by Gasteiger charge is -2.02. The molecule has 17 heavy (non-hydrogen) atoms. The molecule has 0 radical (unpaired) electrons. The molecule has 0 aliphatic rings. The maximum Gasteiger partial charge on any atom is 0.308 e. The van der Waals surface area contributed by atoms with E-state index in [2.05, 4.69) is 6.58 Å².